The Hall–Kier alpha value is -8.80. The lowest BCUT2D eigenvalue weighted by molar-refractivity contribution is -0.571. The number of hydrogen-bond acceptors (Lipinski definition) is 2. The topological polar surface area (TPSA) is 35.9 Å². The third-order valence-electron chi connectivity index (χ3n) is 14.8. The minimum atomic E-state index is 0.0738. The van der Waals surface area contributed by atoms with E-state index in [0.717, 1.165) is 96.6 Å². The number of benzene rings is 9. The van der Waals surface area contributed by atoms with Crippen LogP contribution in [0.2, 0.25) is 0 Å². The van der Waals surface area contributed by atoms with Gasteiger partial charge in [-0.25, -0.2) is 4.98 Å². The van der Waals surface area contributed by atoms with E-state index in [4.69, 9.17) is 9.72 Å². The molecule has 0 spiro atoms. The first-order chi connectivity index (χ1) is 36.2. The van der Waals surface area contributed by atoms with Crippen molar-refractivity contribution in [3.8, 4) is 73.2 Å². The number of hydrogen-bond donors (Lipinski definition) is 0. The summed E-state index contributed by atoms with van der Waals surface area (Å²) in [7, 11) is 0. The number of fused-ring (bicyclic) bond motifs is 4. The third kappa shape index (κ3) is 8.54. The van der Waals surface area contributed by atoms with Gasteiger partial charge >= 0.3 is 0 Å². The molecule has 12 aromatic rings. The molecule has 5 heteroatoms. The Labute approximate surface area is 434 Å². The summed E-state index contributed by atoms with van der Waals surface area (Å²) in [6.07, 6.45) is 7.99. The molecule has 0 fully saturated rings. The fourth-order valence-electron chi connectivity index (χ4n) is 10.9. The predicted octanol–water partition coefficient (Wildman–Crippen LogP) is 17.9. The molecule has 0 radical (unpaired) electrons. The molecule has 0 unspecified atom stereocenters. The lowest BCUT2D eigenvalue weighted by Gasteiger charge is -2.22. The van der Waals surface area contributed by atoms with Crippen LogP contribution in [0.25, 0.3) is 94.5 Å². The van der Waals surface area contributed by atoms with Crippen LogP contribution in [0.1, 0.15) is 64.5 Å². The van der Waals surface area contributed by atoms with E-state index in [1.807, 2.05) is 6.07 Å². The van der Waals surface area contributed by atoms with Crippen LogP contribution in [0, 0.1) is 6.33 Å². The Balaban J connectivity index is 0.975. The monoisotopic (exact) mass is 958 g/mol. The third-order valence-corrected chi connectivity index (χ3v) is 14.8. The molecule has 0 atom stereocenters. The van der Waals surface area contributed by atoms with Gasteiger partial charge in [-0.15, -0.1) is 0 Å². The Morgan fingerprint density at radius 3 is 1.78 bits per heavy atom. The summed E-state index contributed by atoms with van der Waals surface area (Å²) in [4.78, 5) is 5.33. The van der Waals surface area contributed by atoms with Gasteiger partial charge < -0.3 is 4.74 Å². The van der Waals surface area contributed by atoms with Crippen LogP contribution in [0.4, 0.5) is 0 Å². The van der Waals surface area contributed by atoms with Crippen LogP contribution in [0.3, 0.4) is 0 Å². The maximum absolute atomic E-state index is 6.93. The molecule has 0 amide bonds. The van der Waals surface area contributed by atoms with E-state index in [1.165, 1.54) is 33.4 Å². The van der Waals surface area contributed by atoms with Gasteiger partial charge in [0.2, 0.25) is 0 Å². The molecule has 9 aromatic carbocycles. The molecule has 12 rings (SSSR count). The highest BCUT2D eigenvalue weighted by atomic mass is 16.5. The van der Waals surface area contributed by atoms with Gasteiger partial charge in [-0.1, -0.05) is 204 Å². The molecule has 3 aromatic heterocycles. The maximum atomic E-state index is 6.93. The molecule has 3 heterocycles. The van der Waals surface area contributed by atoms with Crippen molar-refractivity contribution in [2.24, 2.45) is 0 Å². The van der Waals surface area contributed by atoms with E-state index in [9.17, 15) is 0 Å². The molecule has 74 heavy (non-hydrogen) atoms. The van der Waals surface area contributed by atoms with Crippen molar-refractivity contribution in [2.75, 3.05) is 0 Å². The number of para-hydroxylation sites is 3. The zero-order chi connectivity index (χ0) is 50.3. The fourth-order valence-corrected chi connectivity index (χ4v) is 10.9. The first-order valence-electron chi connectivity index (χ1n) is 26.0. The average molecular weight is 959 g/mol. The van der Waals surface area contributed by atoms with Gasteiger partial charge in [0.15, 0.2) is 0 Å². The van der Waals surface area contributed by atoms with Crippen molar-refractivity contribution >= 4 is 32.8 Å². The number of aromatic nitrogens is 4. The maximum Gasteiger partial charge on any atom is 0.269 e. The summed E-state index contributed by atoms with van der Waals surface area (Å²) in [5.41, 5.74) is 18.2. The van der Waals surface area contributed by atoms with Crippen LogP contribution in [-0.4, -0.2) is 14.1 Å². The highest BCUT2D eigenvalue weighted by Gasteiger charge is 2.23. The second kappa shape index (κ2) is 19.3. The molecule has 0 bridgehead atoms. The SMILES string of the molecule is CCC(CC)c1cc(-n2c3ccc(-c4ccccc4)cc3c3ccc(Oc4cccc(-n5[c-][n+](-c6c(-c7ccccc7)cccc6-c6ccccc6)c6ccccc65)c4)cc32)ncc1-c1ccc(C(C)(C)C)cc1. The molecule has 0 aliphatic heterocycles. The Bertz CT molecular complexity index is 3910. The van der Waals surface area contributed by atoms with E-state index < -0.39 is 0 Å². The fraction of sp³-hybridized carbons (Fsp3) is 0.130. The van der Waals surface area contributed by atoms with Crippen LogP contribution >= 0.6 is 0 Å². The summed E-state index contributed by atoms with van der Waals surface area (Å²) >= 11 is 0. The van der Waals surface area contributed by atoms with Crippen LogP contribution in [0.5, 0.6) is 11.5 Å². The number of imidazole rings is 1. The largest absolute Gasteiger partial charge is 0.458 e. The molecule has 0 saturated heterocycles. The van der Waals surface area contributed by atoms with Crippen LogP contribution < -0.4 is 9.30 Å². The van der Waals surface area contributed by atoms with E-state index in [-0.39, 0.29) is 5.41 Å². The van der Waals surface area contributed by atoms with Crippen LogP contribution in [0.15, 0.2) is 231 Å². The molecule has 0 aliphatic carbocycles. The first kappa shape index (κ1) is 46.3. The zero-order valence-electron chi connectivity index (χ0n) is 42.6. The van der Waals surface area contributed by atoms with Gasteiger partial charge in [-0.3, -0.25) is 13.7 Å². The summed E-state index contributed by atoms with van der Waals surface area (Å²) in [5, 5.41) is 2.30. The molecule has 5 nitrogen and oxygen atoms in total. The second-order valence-corrected chi connectivity index (χ2v) is 20.4. The van der Waals surface area contributed by atoms with Crippen molar-refractivity contribution in [1.29, 1.82) is 0 Å². The lowest BCUT2D eigenvalue weighted by Crippen LogP contribution is -2.31. The van der Waals surface area contributed by atoms with E-state index in [2.05, 4.69) is 279 Å². The highest BCUT2D eigenvalue weighted by Crippen LogP contribution is 2.41. The molecular formula is C69H58N4O. The normalized spacial score (nSPS) is 11.8. The molecule has 360 valence electrons. The quantitative estimate of drug-likeness (QED) is 0.0903. The van der Waals surface area contributed by atoms with Crippen molar-refractivity contribution in [3.63, 3.8) is 0 Å². The summed E-state index contributed by atoms with van der Waals surface area (Å²) in [5.74, 6) is 2.71. The van der Waals surface area contributed by atoms with Gasteiger partial charge in [-0.2, -0.15) is 0 Å². The van der Waals surface area contributed by atoms with Crippen molar-refractivity contribution in [3.05, 3.63) is 248 Å². The Morgan fingerprint density at radius 1 is 0.500 bits per heavy atom. The summed E-state index contributed by atoms with van der Waals surface area (Å²) in [6.45, 7) is 11.4. The van der Waals surface area contributed by atoms with Gasteiger partial charge in [0.05, 0.1) is 33.4 Å². The Kier molecular flexibility index (Phi) is 12.1. The number of ether oxygens (including phenoxy) is 1. The zero-order valence-corrected chi connectivity index (χ0v) is 42.6. The average Bonchev–Trinajstić information content (AvgIpc) is 3.99. The van der Waals surface area contributed by atoms with E-state index >= 15 is 0 Å². The molecule has 0 N–H and O–H groups in total. The van der Waals surface area contributed by atoms with E-state index in [1.54, 1.807) is 0 Å². The first-order valence-corrected chi connectivity index (χ1v) is 26.0. The van der Waals surface area contributed by atoms with E-state index in [0.29, 0.717) is 5.92 Å². The summed E-state index contributed by atoms with van der Waals surface area (Å²) in [6, 6.07) is 80.0. The smallest absolute Gasteiger partial charge is 0.269 e. The second-order valence-electron chi connectivity index (χ2n) is 20.4. The number of nitrogens with zero attached hydrogens (tertiary/aromatic N) is 4. The number of rotatable bonds is 12. The highest BCUT2D eigenvalue weighted by molar-refractivity contribution is 6.10. The van der Waals surface area contributed by atoms with Crippen molar-refractivity contribution < 1.29 is 9.30 Å². The minimum Gasteiger partial charge on any atom is -0.458 e. The van der Waals surface area contributed by atoms with Crippen LogP contribution in [-0.2, 0) is 5.41 Å². The van der Waals surface area contributed by atoms with Gasteiger partial charge in [0, 0.05) is 28.6 Å². The van der Waals surface area contributed by atoms with Gasteiger partial charge in [0.1, 0.15) is 17.3 Å². The Morgan fingerprint density at radius 2 is 1.11 bits per heavy atom. The number of pyridine rings is 1. The lowest BCUT2D eigenvalue weighted by atomic mass is 9.84. The summed E-state index contributed by atoms with van der Waals surface area (Å²) < 4.78 is 13.6. The predicted molar refractivity (Wildman–Crippen MR) is 306 cm³/mol. The minimum absolute atomic E-state index is 0.0738. The van der Waals surface area contributed by atoms with Gasteiger partial charge in [-0.05, 0) is 123 Å². The van der Waals surface area contributed by atoms with Crippen molar-refractivity contribution in [1.82, 2.24) is 14.1 Å². The van der Waals surface area contributed by atoms with Crippen molar-refractivity contribution in [2.45, 2.75) is 58.8 Å². The molecular weight excluding hydrogens is 901 g/mol. The molecule has 0 aliphatic rings. The molecule has 0 saturated carbocycles. The van der Waals surface area contributed by atoms with Gasteiger partial charge in [0.25, 0.3) is 6.33 Å². The standard InChI is InChI=1S/C69H58N4O/c1-6-47(7-2)60-44-67(70-45-62(60)51-33-36-53(37-34-51)69(3,4)5)73-63-40-35-52(48-21-11-8-12-22-48)41-61(63)59-39-38-56(43-66(59)73)74-55-28-19-27-54(42-55)71-46-72(65-32-18-17-31-64(65)71)68-57(49-23-13-9-14-24-49)29-20-30-58(68)50-25-15-10-16-26-50/h8-45,47H,6-7H2,1-5H3.